The normalized spacial score (nSPS) is 14.2. The van der Waals surface area contributed by atoms with E-state index in [4.69, 9.17) is 10.6 Å². The summed E-state index contributed by atoms with van der Waals surface area (Å²) < 4.78 is 27.9. The molecule has 0 aliphatic heterocycles. The zero-order valence-corrected chi connectivity index (χ0v) is 12.6. The Morgan fingerprint density at radius 1 is 1.42 bits per heavy atom. The number of benzene rings is 1. The van der Waals surface area contributed by atoms with Crippen molar-refractivity contribution in [3.05, 3.63) is 29.8 Å². The van der Waals surface area contributed by atoms with Gasteiger partial charge in [0.1, 0.15) is 5.75 Å². The van der Waals surface area contributed by atoms with Crippen LogP contribution in [-0.2, 0) is 16.3 Å². The summed E-state index contributed by atoms with van der Waals surface area (Å²) in [6.45, 7) is 3.35. The van der Waals surface area contributed by atoms with Crippen LogP contribution in [0.15, 0.2) is 24.3 Å². The molecule has 0 bridgehead atoms. The predicted molar refractivity (Wildman–Crippen MR) is 76.7 cm³/mol. The maximum Gasteiger partial charge on any atom is 0.154 e. The molecule has 1 rings (SSSR count). The Labute approximate surface area is 115 Å². The van der Waals surface area contributed by atoms with Crippen molar-refractivity contribution in [3.8, 4) is 5.75 Å². The fraction of sp³-hybridized carbons (Fsp3) is 0.538. The fourth-order valence-corrected chi connectivity index (χ4v) is 2.47. The van der Waals surface area contributed by atoms with Crippen LogP contribution in [0.1, 0.15) is 19.4 Å². The number of methoxy groups -OCH3 is 1. The smallest absolute Gasteiger partial charge is 0.154 e. The van der Waals surface area contributed by atoms with E-state index in [0.29, 0.717) is 6.42 Å². The Hall–Kier alpha value is -1.11. The van der Waals surface area contributed by atoms with E-state index in [0.717, 1.165) is 11.3 Å². The van der Waals surface area contributed by atoms with Crippen molar-refractivity contribution in [3.63, 3.8) is 0 Å². The molecule has 1 aromatic carbocycles. The highest BCUT2D eigenvalue weighted by Gasteiger charge is 2.38. The lowest BCUT2D eigenvalue weighted by Crippen LogP contribution is -2.55. The number of hydrogen-bond donors (Lipinski definition) is 2. The van der Waals surface area contributed by atoms with Crippen molar-refractivity contribution in [1.82, 2.24) is 5.43 Å². The number of hydrogen-bond acceptors (Lipinski definition) is 5. The molecule has 1 atom stereocenters. The summed E-state index contributed by atoms with van der Waals surface area (Å²) in [6, 6.07) is 7.13. The van der Waals surface area contributed by atoms with Gasteiger partial charge >= 0.3 is 0 Å². The summed E-state index contributed by atoms with van der Waals surface area (Å²) in [5.41, 5.74) is 3.59. The number of hydrazine groups is 1. The van der Waals surface area contributed by atoms with Gasteiger partial charge in [0.05, 0.1) is 11.9 Å². The third-order valence-electron chi connectivity index (χ3n) is 3.57. The minimum atomic E-state index is -3.22. The van der Waals surface area contributed by atoms with Gasteiger partial charge in [-0.3, -0.25) is 11.3 Å². The molecule has 0 aromatic heterocycles. The van der Waals surface area contributed by atoms with Crippen molar-refractivity contribution >= 4 is 9.84 Å². The summed E-state index contributed by atoms with van der Waals surface area (Å²) in [5, 5.41) is 0. The molecular weight excluding hydrogens is 264 g/mol. The molecule has 0 heterocycles. The van der Waals surface area contributed by atoms with E-state index in [9.17, 15) is 8.42 Å². The summed E-state index contributed by atoms with van der Waals surface area (Å²) in [6.07, 6.45) is 1.73. The third kappa shape index (κ3) is 3.68. The number of sulfone groups is 1. The number of ether oxygens (including phenoxy) is 1. The van der Waals surface area contributed by atoms with E-state index in [1.807, 2.05) is 24.3 Å². The first-order chi connectivity index (χ1) is 8.72. The van der Waals surface area contributed by atoms with Gasteiger partial charge < -0.3 is 4.74 Å². The van der Waals surface area contributed by atoms with Crippen LogP contribution in [0.2, 0.25) is 0 Å². The largest absolute Gasteiger partial charge is 0.497 e. The highest BCUT2D eigenvalue weighted by molar-refractivity contribution is 7.92. The minimum absolute atomic E-state index is 0.380. The zero-order chi connectivity index (χ0) is 14.7. The minimum Gasteiger partial charge on any atom is -0.497 e. The Morgan fingerprint density at radius 2 is 2.05 bits per heavy atom. The first-order valence-corrected chi connectivity index (χ1v) is 7.90. The molecule has 0 amide bonds. The van der Waals surface area contributed by atoms with Gasteiger partial charge in [-0.15, -0.1) is 0 Å². The maximum atomic E-state index is 11.8. The van der Waals surface area contributed by atoms with Gasteiger partial charge in [-0.25, -0.2) is 8.42 Å². The molecule has 0 fully saturated rings. The van der Waals surface area contributed by atoms with Crippen LogP contribution >= 0.6 is 0 Å². The van der Waals surface area contributed by atoms with Crippen LogP contribution in [0, 0.1) is 0 Å². The lowest BCUT2D eigenvalue weighted by molar-refractivity contribution is 0.405. The molecule has 0 spiro atoms. The van der Waals surface area contributed by atoms with Gasteiger partial charge in [0.2, 0.25) is 0 Å². The summed E-state index contributed by atoms with van der Waals surface area (Å²) >= 11 is 0. The number of rotatable bonds is 6. The Kier molecular flexibility index (Phi) is 4.95. The molecule has 5 nitrogen and oxygen atoms in total. The van der Waals surface area contributed by atoms with Gasteiger partial charge in [0, 0.05) is 12.3 Å². The highest BCUT2D eigenvalue weighted by atomic mass is 32.2. The Balaban J connectivity index is 3.00. The topological polar surface area (TPSA) is 81.4 Å². The molecule has 0 saturated carbocycles. The second kappa shape index (κ2) is 5.90. The van der Waals surface area contributed by atoms with Crippen LogP contribution in [-0.4, -0.2) is 32.6 Å². The summed E-state index contributed by atoms with van der Waals surface area (Å²) in [5.74, 6) is 6.27. The zero-order valence-electron chi connectivity index (χ0n) is 11.8. The third-order valence-corrected chi connectivity index (χ3v) is 5.77. The van der Waals surface area contributed by atoms with Crippen LogP contribution in [0.3, 0.4) is 0 Å². The van der Waals surface area contributed by atoms with Gasteiger partial charge in [-0.2, -0.15) is 0 Å². The van der Waals surface area contributed by atoms with E-state index in [-0.39, 0.29) is 6.04 Å². The van der Waals surface area contributed by atoms with Crippen molar-refractivity contribution < 1.29 is 13.2 Å². The van der Waals surface area contributed by atoms with Gasteiger partial charge in [0.15, 0.2) is 9.84 Å². The molecular formula is C13H22N2O3S. The Morgan fingerprint density at radius 3 is 2.53 bits per heavy atom. The van der Waals surface area contributed by atoms with Crippen molar-refractivity contribution in [2.24, 2.45) is 5.84 Å². The molecule has 0 saturated heterocycles. The van der Waals surface area contributed by atoms with Crippen LogP contribution in [0.5, 0.6) is 5.75 Å². The van der Waals surface area contributed by atoms with E-state index in [1.54, 1.807) is 21.0 Å². The van der Waals surface area contributed by atoms with E-state index in [2.05, 4.69) is 5.43 Å². The predicted octanol–water partition coefficient (Wildman–Crippen LogP) is 0.893. The molecule has 3 N–H and O–H groups in total. The van der Waals surface area contributed by atoms with Gasteiger partial charge in [0.25, 0.3) is 0 Å². The highest BCUT2D eigenvalue weighted by Crippen LogP contribution is 2.24. The molecule has 108 valence electrons. The van der Waals surface area contributed by atoms with Crippen LogP contribution < -0.4 is 16.0 Å². The Bertz CT molecular complexity index is 526. The van der Waals surface area contributed by atoms with Crippen molar-refractivity contribution in [2.75, 3.05) is 13.4 Å². The van der Waals surface area contributed by atoms with Crippen molar-refractivity contribution in [1.29, 1.82) is 0 Å². The lowest BCUT2D eigenvalue weighted by atomic mass is 9.96. The molecule has 0 aliphatic carbocycles. The lowest BCUT2D eigenvalue weighted by Gasteiger charge is -2.32. The SMILES string of the molecule is COc1cccc(CC(NN)C(C)(C)S(C)(=O)=O)c1. The van der Waals surface area contributed by atoms with Crippen molar-refractivity contribution in [2.45, 2.75) is 31.1 Å². The number of nitrogens with two attached hydrogens (primary N) is 1. The van der Waals surface area contributed by atoms with E-state index in [1.165, 1.54) is 6.26 Å². The first-order valence-electron chi connectivity index (χ1n) is 6.01. The van der Waals surface area contributed by atoms with Crippen LogP contribution in [0.25, 0.3) is 0 Å². The first kappa shape index (κ1) is 15.9. The quantitative estimate of drug-likeness (QED) is 0.599. The molecule has 1 unspecified atom stereocenters. The van der Waals surface area contributed by atoms with Crippen LogP contribution in [0.4, 0.5) is 0 Å². The molecule has 19 heavy (non-hydrogen) atoms. The van der Waals surface area contributed by atoms with E-state index < -0.39 is 14.6 Å². The average molecular weight is 286 g/mol. The molecule has 6 heteroatoms. The number of nitrogens with one attached hydrogen (secondary N) is 1. The second-order valence-corrected chi connectivity index (χ2v) is 7.75. The maximum absolute atomic E-state index is 11.8. The van der Waals surface area contributed by atoms with E-state index >= 15 is 0 Å². The van der Waals surface area contributed by atoms with Gasteiger partial charge in [-0.05, 0) is 38.0 Å². The standard InChI is InChI=1S/C13H22N2O3S/c1-13(2,19(4,16)17)12(15-14)9-10-6-5-7-11(8-10)18-3/h5-8,12,15H,9,14H2,1-4H3. The second-order valence-electron chi connectivity index (χ2n) is 5.15. The molecule has 0 aliphatic rings. The monoisotopic (exact) mass is 286 g/mol. The van der Waals surface area contributed by atoms with Gasteiger partial charge in [-0.1, -0.05) is 12.1 Å². The summed E-state index contributed by atoms with van der Waals surface area (Å²) in [7, 11) is -1.63. The summed E-state index contributed by atoms with van der Waals surface area (Å²) in [4.78, 5) is 0. The average Bonchev–Trinajstić information content (AvgIpc) is 2.34. The fourth-order valence-electron chi connectivity index (χ4n) is 1.80. The molecule has 0 radical (unpaired) electrons. The molecule has 1 aromatic rings.